The average Bonchev–Trinajstić information content (AvgIpc) is 3.18. The van der Waals surface area contributed by atoms with E-state index in [0.717, 1.165) is 6.07 Å². The lowest BCUT2D eigenvalue weighted by Gasteiger charge is -2.09. The van der Waals surface area contributed by atoms with Gasteiger partial charge in [0, 0.05) is 16.5 Å². The topological polar surface area (TPSA) is 104 Å². The van der Waals surface area contributed by atoms with Gasteiger partial charge < -0.3 is 5.11 Å². The first-order chi connectivity index (χ1) is 9.80. The van der Waals surface area contributed by atoms with Crippen molar-refractivity contribution < 1.29 is 14.8 Å². The van der Waals surface area contributed by atoms with Gasteiger partial charge in [0.15, 0.2) is 11.5 Å². The van der Waals surface area contributed by atoms with Crippen LogP contribution in [0, 0.1) is 26.9 Å². The number of nitro groups is 1. The maximum Gasteiger partial charge on any atom is 0.281 e. The van der Waals surface area contributed by atoms with Gasteiger partial charge in [0.1, 0.15) is 11.6 Å². The summed E-state index contributed by atoms with van der Waals surface area (Å²) >= 11 is 5.69. The highest BCUT2D eigenvalue weighted by atomic mass is 35.5. The number of hydrogen-bond acceptors (Lipinski definition) is 5. The quantitative estimate of drug-likeness (QED) is 0.302. The minimum absolute atomic E-state index is 0.122. The Balaban J connectivity index is 2.59. The number of nitriles is 1. The van der Waals surface area contributed by atoms with Crippen LogP contribution in [0.2, 0.25) is 5.02 Å². The van der Waals surface area contributed by atoms with E-state index >= 15 is 0 Å². The summed E-state index contributed by atoms with van der Waals surface area (Å²) in [6.45, 7) is 1.69. The number of halogens is 1. The number of allylic oxidation sites excluding steroid dienone is 1. The first-order valence-electron chi connectivity index (χ1n) is 6.12. The highest BCUT2D eigenvalue weighted by molar-refractivity contribution is 6.30. The third-order valence-corrected chi connectivity index (χ3v) is 3.77. The van der Waals surface area contributed by atoms with Crippen LogP contribution in [0.25, 0.3) is 5.76 Å². The molecule has 0 aromatic heterocycles. The molecule has 1 aromatic rings. The lowest BCUT2D eigenvalue weighted by Crippen LogP contribution is -2.15. The average molecular weight is 307 g/mol. The Kier molecular flexibility index (Phi) is 3.71. The number of Topliss-reactive ketones (excluding diaryl/α,β-unsaturated/α-hetero) is 1. The Hall–Kier alpha value is -2.39. The van der Waals surface area contributed by atoms with Crippen LogP contribution >= 0.6 is 11.6 Å². The second-order valence-corrected chi connectivity index (χ2v) is 5.58. The van der Waals surface area contributed by atoms with Crippen molar-refractivity contribution in [1.29, 1.82) is 5.26 Å². The molecule has 108 valence electrons. The third kappa shape index (κ3) is 2.73. The van der Waals surface area contributed by atoms with Crippen molar-refractivity contribution in [3.63, 3.8) is 0 Å². The molecule has 0 atom stereocenters. The second-order valence-electron chi connectivity index (χ2n) is 5.14. The summed E-state index contributed by atoms with van der Waals surface area (Å²) in [4.78, 5) is 22.5. The summed E-state index contributed by atoms with van der Waals surface area (Å²) in [6, 6.07) is 5.28. The predicted octanol–water partition coefficient (Wildman–Crippen LogP) is 3.41. The summed E-state index contributed by atoms with van der Waals surface area (Å²) in [5, 5.41) is 30.4. The van der Waals surface area contributed by atoms with Crippen LogP contribution in [-0.4, -0.2) is 15.8 Å². The van der Waals surface area contributed by atoms with Gasteiger partial charge in [0.25, 0.3) is 5.69 Å². The van der Waals surface area contributed by atoms with Gasteiger partial charge in [-0.15, -0.1) is 0 Å². The Morgan fingerprint density at radius 1 is 1.52 bits per heavy atom. The molecule has 0 amide bonds. The van der Waals surface area contributed by atoms with E-state index in [-0.39, 0.29) is 10.6 Å². The van der Waals surface area contributed by atoms with Crippen LogP contribution in [0.4, 0.5) is 5.69 Å². The molecular weight excluding hydrogens is 296 g/mol. The molecule has 1 aromatic carbocycles. The molecule has 1 N–H and O–H groups in total. The number of benzene rings is 1. The highest BCUT2D eigenvalue weighted by Crippen LogP contribution is 2.48. The molecule has 1 saturated carbocycles. The zero-order valence-corrected chi connectivity index (χ0v) is 11.8. The molecule has 21 heavy (non-hydrogen) atoms. The number of nitro benzene ring substituents is 1. The molecule has 0 spiro atoms. The zero-order valence-electron chi connectivity index (χ0n) is 11.1. The maximum absolute atomic E-state index is 12.2. The molecule has 0 saturated heterocycles. The summed E-state index contributed by atoms with van der Waals surface area (Å²) in [6.07, 6.45) is 1.26. The van der Waals surface area contributed by atoms with Crippen molar-refractivity contribution in [2.24, 2.45) is 5.41 Å². The fraction of sp³-hybridized carbons (Fsp3) is 0.286. The summed E-state index contributed by atoms with van der Waals surface area (Å²) in [5.41, 5.74) is -1.76. The van der Waals surface area contributed by atoms with E-state index in [1.807, 2.05) is 0 Å². The molecule has 7 heteroatoms. The molecule has 0 radical (unpaired) electrons. The third-order valence-electron chi connectivity index (χ3n) is 3.54. The van der Waals surface area contributed by atoms with Gasteiger partial charge in [-0.05, 0) is 25.0 Å². The Morgan fingerprint density at radius 2 is 2.14 bits per heavy atom. The summed E-state index contributed by atoms with van der Waals surface area (Å²) < 4.78 is 0. The largest absolute Gasteiger partial charge is 0.506 e. The number of aliphatic hydroxyl groups is 1. The molecule has 0 heterocycles. The van der Waals surface area contributed by atoms with Crippen LogP contribution in [0.15, 0.2) is 23.8 Å². The number of hydrogen-bond donors (Lipinski definition) is 1. The smallest absolute Gasteiger partial charge is 0.281 e. The number of carbonyl (C=O) groups is 1. The standard InChI is InChI=1S/C14H11ClN2O4/c1-14(4-5-14)13(19)10(7-16)12(18)9-3-2-8(15)6-11(9)17(20)21/h2-3,6,18H,4-5H2,1H3/b12-10-. The van der Waals surface area contributed by atoms with Crippen molar-refractivity contribution in [1.82, 2.24) is 0 Å². The fourth-order valence-electron chi connectivity index (χ4n) is 1.92. The molecule has 6 nitrogen and oxygen atoms in total. The van der Waals surface area contributed by atoms with E-state index < -0.39 is 33.1 Å². The molecule has 0 unspecified atom stereocenters. The number of carbonyl (C=O) groups excluding carboxylic acids is 1. The second kappa shape index (κ2) is 5.19. The van der Waals surface area contributed by atoms with Crippen LogP contribution in [0.5, 0.6) is 0 Å². The lowest BCUT2D eigenvalue weighted by molar-refractivity contribution is -0.385. The van der Waals surface area contributed by atoms with E-state index in [0.29, 0.717) is 12.8 Å². The van der Waals surface area contributed by atoms with Gasteiger partial charge in [0.05, 0.1) is 10.5 Å². The van der Waals surface area contributed by atoms with E-state index in [2.05, 4.69) is 0 Å². The van der Waals surface area contributed by atoms with E-state index in [1.54, 1.807) is 13.0 Å². The van der Waals surface area contributed by atoms with Crippen LogP contribution in [0.3, 0.4) is 0 Å². The normalized spacial score (nSPS) is 16.6. The van der Waals surface area contributed by atoms with Crippen molar-refractivity contribution in [2.75, 3.05) is 0 Å². The first kappa shape index (κ1) is 15.0. The van der Waals surface area contributed by atoms with E-state index in [9.17, 15) is 20.0 Å². The molecular formula is C14H11ClN2O4. The van der Waals surface area contributed by atoms with Crippen molar-refractivity contribution in [3.8, 4) is 6.07 Å². The Morgan fingerprint density at radius 3 is 2.62 bits per heavy atom. The molecule has 1 aliphatic carbocycles. The number of nitrogens with zero attached hydrogens (tertiary/aromatic N) is 2. The van der Waals surface area contributed by atoms with Gasteiger partial charge in [0.2, 0.25) is 0 Å². The number of aliphatic hydroxyl groups excluding tert-OH is 1. The minimum atomic E-state index is -0.726. The SMILES string of the molecule is CC1(C(=O)/C(C#N)=C(\O)c2ccc(Cl)cc2[N+](=O)[O-])CC1. The number of rotatable bonds is 4. The molecule has 1 fully saturated rings. The zero-order chi connectivity index (χ0) is 15.8. The Bertz CT molecular complexity index is 714. The summed E-state index contributed by atoms with van der Waals surface area (Å²) in [5.74, 6) is -1.18. The van der Waals surface area contributed by atoms with E-state index in [1.165, 1.54) is 12.1 Å². The van der Waals surface area contributed by atoms with Gasteiger partial charge in [-0.25, -0.2) is 0 Å². The Labute approximate surface area is 125 Å². The van der Waals surface area contributed by atoms with Crippen LogP contribution in [-0.2, 0) is 4.79 Å². The van der Waals surface area contributed by atoms with Crippen molar-refractivity contribution >= 4 is 28.8 Å². The predicted molar refractivity (Wildman–Crippen MR) is 75.6 cm³/mol. The molecule has 2 rings (SSSR count). The van der Waals surface area contributed by atoms with Crippen LogP contribution < -0.4 is 0 Å². The van der Waals surface area contributed by atoms with Crippen LogP contribution in [0.1, 0.15) is 25.3 Å². The van der Waals surface area contributed by atoms with Crippen molar-refractivity contribution in [2.45, 2.75) is 19.8 Å². The number of ketones is 1. The van der Waals surface area contributed by atoms with Gasteiger partial charge in [-0.2, -0.15) is 5.26 Å². The molecule has 0 aliphatic heterocycles. The van der Waals surface area contributed by atoms with Gasteiger partial charge in [-0.1, -0.05) is 18.5 Å². The fourth-order valence-corrected chi connectivity index (χ4v) is 2.08. The van der Waals surface area contributed by atoms with E-state index in [4.69, 9.17) is 16.9 Å². The monoisotopic (exact) mass is 306 g/mol. The van der Waals surface area contributed by atoms with Gasteiger partial charge in [-0.3, -0.25) is 14.9 Å². The maximum atomic E-state index is 12.2. The molecule has 0 bridgehead atoms. The molecule has 1 aliphatic rings. The van der Waals surface area contributed by atoms with Crippen molar-refractivity contribution in [3.05, 3.63) is 44.5 Å². The summed E-state index contributed by atoms with van der Waals surface area (Å²) in [7, 11) is 0. The highest BCUT2D eigenvalue weighted by Gasteiger charge is 2.47. The van der Waals surface area contributed by atoms with Gasteiger partial charge >= 0.3 is 0 Å². The lowest BCUT2D eigenvalue weighted by atomic mass is 9.94. The first-order valence-corrected chi connectivity index (χ1v) is 6.50. The minimum Gasteiger partial charge on any atom is -0.506 e.